The van der Waals surface area contributed by atoms with Gasteiger partial charge in [0.25, 0.3) is 0 Å². The molecule has 6 heteroatoms. The van der Waals surface area contributed by atoms with Gasteiger partial charge in [0.1, 0.15) is 0 Å². The van der Waals surface area contributed by atoms with Gasteiger partial charge in [-0.1, -0.05) is 24.3 Å². The van der Waals surface area contributed by atoms with Crippen LogP contribution in [0.2, 0.25) is 0 Å². The van der Waals surface area contributed by atoms with Gasteiger partial charge in [0.2, 0.25) is 0 Å². The monoisotopic (exact) mass is 460 g/mol. The predicted molar refractivity (Wildman–Crippen MR) is 132 cm³/mol. The highest BCUT2D eigenvalue weighted by Gasteiger charge is 2.37. The van der Waals surface area contributed by atoms with Crippen LogP contribution < -0.4 is 10.6 Å². The molecule has 4 bridgehead atoms. The van der Waals surface area contributed by atoms with Crippen molar-refractivity contribution in [2.75, 3.05) is 23.8 Å². The molecule has 0 spiro atoms. The predicted octanol–water partition coefficient (Wildman–Crippen LogP) is 5.34. The minimum Gasteiger partial charge on any atom is -0.463 e. The van der Waals surface area contributed by atoms with Crippen molar-refractivity contribution in [2.24, 2.45) is 23.7 Å². The van der Waals surface area contributed by atoms with E-state index in [0.29, 0.717) is 13.2 Å². The zero-order chi connectivity index (χ0) is 23.7. The van der Waals surface area contributed by atoms with Crippen LogP contribution in [0.3, 0.4) is 0 Å². The highest BCUT2D eigenvalue weighted by molar-refractivity contribution is 5.93. The van der Waals surface area contributed by atoms with Gasteiger partial charge in [-0.15, -0.1) is 0 Å². The number of hydrogen-bond acceptors (Lipinski definition) is 6. The quantitative estimate of drug-likeness (QED) is 0.403. The second-order valence-corrected chi connectivity index (χ2v) is 9.27. The van der Waals surface area contributed by atoms with Gasteiger partial charge in [-0.2, -0.15) is 0 Å². The Kier molecular flexibility index (Phi) is 6.31. The van der Waals surface area contributed by atoms with Crippen LogP contribution in [-0.2, 0) is 19.1 Å². The van der Waals surface area contributed by atoms with Gasteiger partial charge in [-0.3, -0.25) is 0 Å². The molecule has 34 heavy (non-hydrogen) atoms. The van der Waals surface area contributed by atoms with Gasteiger partial charge in [-0.05, 0) is 63.8 Å². The molecule has 0 heterocycles. The van der Waals surface area contributed by atoms with Crippen LogP contribution in [0.1, 0.15) is 39.5 Å². The fourth-order valence-electron chi connectivity index (χ4n) is 5.61. The molecule has 0 saturated carbocycles. The zero-order valence-electron chi connectivity index (χ0n) is 19.8. The third-order valence-corrected chi connectivity index (χ3v) is 7.23. The Morgan fingerprint density at radius 3 is 1.35 bits per heavy atom. The van der Waals surface area contributed by atoms with Gasteiger partial charge in [0, 0.05) is 46.4 Å². The van der Waals surface area contributed by atoms with E-state index in [0.717, 1.165) is 59.6 Å². The summed E-state index contributed by atoms with van der Waals surface area (Å²) < 4.78 is 10.7. The lowest BCUT2D eigenvalue weighted by molar-refractivity contribution is -0.140. The summed E-state index contributed by atoms with van der Waals surface area (Å²) in [6.45, 7) is 4.42. The number of benzene rings is 1. The lowest BCUT2D eigenvalue weighted by Gasteiger charge is -2.35. The van der Waals surface area contributed by atoms with Gasteiger partial charge >= 0.3 is 11.9 Å². The topological polar surface area (TPSA) is 76.7 Å². The number of allylic oxidation sites excluding steroid dienone is 4. The fourth-order valence-corrected chi connectivity index (χ4v) is 5.61. The van der Waals surface area contributed by atoms with E-state index < -0.39 is 0 Å². The van der Waals surface area contributed by atoms with Gasteiger partial charge in [0.15, 0.2) is 0 Å². The maximum atomic E-state index is 12.6. The molecule has 4 atom stereocenters. The van der Waals surface area contributed by atoms with Crippen LogP contribution in [0.25, 0.3) is 0 Å². The van der Waals surface area contributed by atoms with E-state index in [4.69, 9.17) is 9.47 Å². The summed E-state index contributed by atoms with van der Waals surface area (Å²) in [5.41, 5.74) is 5.29. The van der Waals surface area contributed by atoms with Crippen LogP contribution in [0.4, 0.5) is 11.4 Å². The average Bonchev–Trinajstić information content (AvgIpc) is 2.87. The largest absolute Gasteiger partial charge is 0.463 e. The Morgan fingerprint density at radius 1 is 0.676 bits per heavy atom. The van der Waals surface area contributed by atoms with Crippen molar-refractivity contribution in [1.82, 2.24) is 0 Å². The number of rotatable bonds is 8. The summed E-state index contributed by atoms with van der Waals surface area (Å²) in [5.74, 6) is 0.224. The standard InChI is InChI=1S/C28H32N2O4/c1-3-33-27(31)23-17-5-9-19(10-6-17)25(23)29-21-13-15-22(16-14-21)30-26-20-11-7-18(8-12-20)24(26)28(32)34-4-2/h5,7,9,11,13-20,29-30H,3-4,6,8,10,12H2,1-2H3. The summed E-state index contributed by atoms with van der Waals surface area (Å²) in [7, 11) is 0. The Balaban J connectivity index is 1.36. The Morgan fingerprint density at radius 2 is 1.03 bits per heavy atom. The van der Waals surface area contributed by atoms with Gasteiger partial charge < -0.3 is 20.1 Å². The van der Waals surface area contributed by atoms with Gasteiger partial charge in [-0.25, -0.2) is 9.59 Å². The van der Waals surface area contributed by atoms with E-state index in [1.54, 1.807) is 0 Å². The number of nitrogens with one attached hydrogen (secondary N) is 2. The van der Waals surface area contributed by atoms with Crippen molar-refractivity contribution < 1.29 is 19.1 Å². The Bertz CT molecular complexity index is 1010. The molecule has 0 aromatic heterocycles. The van der Waals surface area contributed by atoms with E-state index in [-0.39, 0.29) is 35.6 Å². The van der Waals surface area contributed by atoms with Crippen molar-refractivity contribution >= 4 is 23.3 Å². The molecule has 178 valence electrons. The number of carbonyl (C=O) groups is 2. The number of carbonyl (C=O) groups excluding carboxylic acids is 2. The summed E-state index contributed by atoms with van der Waals surface area (Å²) in [4.78, 5) is 25.3. The lowest BCUT2D eigenvalue weighted by atomic mass is 9.74. The fraction of sp³-hybridized carbons (Fsp3) is 0.429. The van der Waals surface area contributed by atoms with E-state index in [1.807, 2.05) is 38.1 Å². The first kappa shape index (κ1) is 22.5. The van der Waals surface area contributed by atoms with Crippen LogP contribution in [0.5, 0.6) is 0 Å². The van der Waals surface area contributed by atoms with Crippen molar-refractivity contribution in [3.63, 3.8) is 0 Å². The van der Waals surface area contributed by atoms with Crippen LogP contribution in [0, 0.1) is 23.7 Å². The average molecular weight is 461 g/mol. The third-order valence-electron chi connectivity index (χ3n) is 7.23. The number of hydrogen-bond donors (Lipinski definition) is 2. The molecule has 4 unspecified atom stereocenters. The first-order valence-corrected chi connectivity index (χ1v) is 12.4. The molecule has 6 nitrogen and oxygen atoms in total. The Labute approximate surface area is 200 Å². The van der Waals surface area contributed by atoms with Crippen molar-refractivity contribution in [1.29, 1.82) is 0 Å². The lowest BCUT2D eigenvalue weighted by Crippen LogP contribution is -2.31. The first-order valence-electron chi connectivity index (χ1n) is 12.4. The summed E-state index contributed by atoms with van der Waals surface area (Å²) in [6, 6.07) is 8.02. The summed E-state index contributed by atoms with van der Waals surface area (Å²) in [5, 5.41) is 7.01. The molecule has 0 radical (unpaired) electrons. The van der Waals surface area contributed by atoms with Crippen LogP contribution >= 0.6 is 0 Å². The summed E-state index contributed by atoms with van der Waals surface area (Å²) in [6.07, 6.45) is 12.7. The molecule has 7 rings (SSSR count). The van der Waals surface area contributed by atoms with E-state index in [2.05, 4.69) is 34.9 Å². The summed E-state index contributed by atoms with van der Waals surface area (Å²) >= 11 is 0. The highest BCUT2D eigenvalue weighted by atomic mass is 16.5. The molecule has 0 amide bonds. The second-order valence-electron chi connectivity index (χ2n) is 9.27. The molecular weight excluding hydrogens is 428 g/mol. The normalized spacial score (nSPS) is 26.6. The number of esters is 2. The molecule has 1 aromatic rings. The van der Waals surface area contributed by atoms with Crippen LogP contribution in [-0.4, -0.2) is 25.2 Å². The number of ether oxygens (including phenoxy) is 2. The molecule has 1 aromatic carbocycles. The number of fused-ring (bicyclic) bond motifs is 2. The minimum absolute atomic E-state index is 0.121. The second kappa shape index (κ2) is 9.53. The smallest absolute Gasteiger partial charge is 0.336 e. The van der Waals surface area contributed by atoms with Crippen molar-refractivity contribution in [3.05, 3.63) is 71.1 Å². The maximum Gasteiger partial charge on any atom is 0.336 e. The SMILES string of the molecule is CCOC(=O)C1=C(Nc2ccc(NC3=C(C(=O)OCC)C4C=CC3CC4)cc2)C2C=CC1CC2. The molecule has 0 fully saturated rings. The number of anilines is 2. The van der Waals surface area contributed by atoms with Crippen LogP contribution in [0.15, 0.2) is 71.1 Å². The van der Waals surface area contributed by atoms with Crippen molar-refractivity contribution in [2.45, 2.75) is 39.5 Å². The van der Waals surface area contributed by atoms with E-state index in [9.17, 15) is 9.59 Å². The molecule has 0 aliphatic heterocycles. The van der Waals surface area contributed by atoms with E-state index in [1.165, 1.54) is 0 Å². The molecule has 6 aliphatic carbocycles. The molecule has 6 aliphatic rings. The highest BCUT2D eigenvalue weighted by Crippen LogP contribution is 2.43. The van der Waals surface area contributed by atoms with Crippen molar-refractivity contribution in [3.8, 4) is 0 Å². The Hall–Kier alpha value is -3.28. The molecule has 2 N–H and O–H groups in total. The zero-order valence-corrected chi connectivity index (χ0v) is 19.8. The molecule has 0 saturated heterocycles. The minimum atomic E-state index is -0.221. The van der Waals surface area contributed by atoms with E-state index >= 15 is 0 Å². The molecular formula is C28H32N2O4. The first-order chi connectivity index (χ1) is 16.6. The van der Waals surface area contributed by atoms with Gasteiger partial charge in [0.05, 0.1) is 24.4 Å². The maximum absolute atomic E-state index is 12.6. The third kappa shape index (κ3) is 4.17.